The summed E-state index contributed by atoms with van der Waals surface area (Å²) < 4.78 is 21.6. The van der Waals surface area contributed by atoms with Crippen LogP contribution >= 0.6 is 7.60 Å². The molecule has 13 heavy (non-hydrogen) atoms. The average Bonchev–Trinajstić information content (AvgIpc) is 2.13. The predicted octanol–water partition coefficient (Wildman–Crippen LogP) is 0.790. The first-order valence-electron chi connectivity index (χ1n) is 4.01. The highest BCUT2D eigenvalue weighted by molar-refractivity contribution is 7.55. The van der Waals surface area contributed by atoms with Crippen LogP contribution in [0.15, 0.2) is 0 Å². The van der Waals surface area contributed by atoms with Gasteiger partial charge in [-0.05, 0) is 13.8 Å². The molecule has 0 saturated carbocycles. The highest BCUT2D eigenvalue weighted by atomic mass is 31.2. The molecule has 0 unspecified atom stereocenters. The van der Waals surface area contributed by atoms with E-state index in [2.05, 4.69) is 5.32 Å². The summed E-state index contributed by atoms with van der Waals surface area (Å²) in [5.74, 6) is 0. The Kier molecular flexibility index (Phi) is 5.10. The van der Waals surface area contributed by atoms with E-state index in [-0.39, 0.29) is 6.61 Å². The maximum Gasteiger partial charge on any atom is 0.349 e. The first-order valence-corrected chi connectivity index (χ1v) is 5.55. The van der Waals surface area contributed by atoms with Crippen LogP contribution in [0.2, 0.25) is 0 Å². The van der Waals surface area contributed by atoms with E-state index >= 15 is 0 Å². The molecule has 0 saturated heterocycles. The van der Waals surface area contributed by atoms with Crippen molar-refractivity contribution in [2.75, 3.05) is 27.4 Å². The van der Waals surface area contributed by atoms with Gasteiger partial charge in [-0.3, -0.25) is 9.88 Å². The molecule has 0 aliphatic carbocycles. The molecule has 0 aromatic carbocycles. The molecule has 0 rings (SSSR count). The van der Waals surface area contributed by atoms with Crippen LogP contribution < -0.4 is 5.32 Å². The van der Waals surface area contributed by atoms with Gasteiger partial charge in [0.15, 0.2) is 0 Å². The lowest BCUT2D eigenvalue weighted by Gasteiger charge is -2.31. The van der Waals surface area contributed by atoms with Gasteiger partial charge in [0.2, 0.25) is 0 Å². The van der Waals surface area contributed by atoms with Crippen LogP contribution in [-0.2, 0) is 13.6 Å². The molecule has 2 N–H and O–H groups in total. The number of aliphatic hydroxyl groups excluding tert-OH is 1. The molecule has 0 bridgehead atoms. The number of aliphatic hydroxyl groups is 1. The van der Waals surface area contributed by atoms with Crippen molar-refractivity contribution in [3.05, 3.63) is 0 Å². The molecule has 0 aromatic rings. The summed E-state index contributed by atoms with van der Waals surface area (Å²) >= 11 is 0. The Hall–Kier alpha value is 0.0700. The molecule has 0 amide bonds. The third-order valence-corrected chi connectivity index (χ3v) is 4.32. The van der Waals surface area contributed by atoms with E-state index in [0.717, 1.165) is 0 Å². The summed E-state index contributed by atoms with van der Waals surface area (Å²) in [5.41, 5.74) is 0. The van der Waals surface area contributed by atoms with Crippen molar-refractivity contribution in [2.45, 2.75) is 19.1 Å². The molecule has 0 radical (unpaired) electrons. The van der Waals surface area contributed by atoms with Crippen molar-refractivity contribution in [3.63, 3.8) is 0 Å². The van der Waals surface area contributed by atoms with Crippen LogP contribution in [-0.4, -0.2) is 37.8 Å². The summed E-state index contributed by atoms with van der Waals surface area (Å²) in [7, 11) is -0.456. The van der Waals surface area contributed by atoms with Gasteiger partial charge < -0.3 is 14.2 Å². The minimum absolute atomic E-state index is 0.0170. The summed E-state index contributed by atoms with van der Waals surface area (Å²) in [5, 5.41) is 10.7. The second kappa shape index (κ2) is 5.08. The Balaban J connectivity index is 4.48. The van der Waals surface area contributed by atoms with Crippen molar-refractivity contribution in [3.8, 4) is 0 Å². The number of nitrogens with one attached hydrogen (secondary N) is 1. The molecule has 80 valence electrons. The second-order valence-electron chi connectivity index (χ2n) is 3.07. The van der Waals surface area contributed by atoms with E-state index in [0.29, 0.717) is 6.54 Å². The summed E-state index contributed by atoms with van der Waals surface area (Å²) in [6, 6.07) is 0. The smallest absolute Gasteiger partial charge is 0.349 e. The molecule has 0 heterocycles. The van der Waals surface area contributed by atoms with Gasteiger partial charge in [0.25, 0.3) is 0 Å². The zero-order valence-corrected chi connectivity index (χ0v) is 9.43. The maximum atomic E-state index is 11.9. The van der Waals surface area contributed by atoms with Crippen LogP contribution in [0.4, 0.5) is 0 Å². The molecule has 0 aliphatic rings. The molecule has 0 fully saturated rings. The first kappa shape index (κ1) is 13.1. The molecular weight excluding hydrogens is 193 g/mol. The van der Waals surface area contributed by atoms with Gasteiger partial charge in [0, 0.05) is 20.8 Å². The summed E-state index contributed by atoms with van der Waals surface area (Å²) in [6.07, 6.45) is 0. The fourth-order valence-corrected chi connectivity index (χ4v) is 2.36. The normalized spacial score (nSPS) is 13.3. The fraction of sp³-hybridized carbons (Fsp3) is 1.00. The fourth-order valence-electron chi connectivity index (χ4n) is 0.990. The molecule has 0 aromatic heterocycles. The molecule has 6 heteroatoms. The summed E-state index contributed by atoms with van der Waals surface area (Å²) in [6.45, 7) is 3.74. The molecule has 5 nitrogen and oxygen atoms in total. The van der Waals surface area contributed by atoms with Gasteiger partial charge in [-0.1, -0.05) is 0 Å². The Morgan fingerprint density at radius 2 is 1.85 bits per heavy atom. The van der Waals surface area contributed by atoms with Gasteiger partial charge in [0.1, 0.15) is 5.28 Å². The van der Waals surface area contributed by atoms with Crippen LogP contribution in [0.5, 0.6) is 0 Å². The maximum absolute atomic E-state index is 11.9. The van der Waals surface area contributed by atoms with Crippen molar-refractivity contribution in [1.82, 2.24) is 5.32 Å². The monoisotopic (exact) mass is 211 g/mol. The highest BCUT2D eigenvalue weighted by Crippen LogP contribution is 2.56. The van der Waals surface area contributed by atoms with Crippen LogP contribution in [0.25, 0.3) is 0 Å². The Morgan fingerprint density at radius 1 is 1.38 bits per heavy atom. The Bertz CT molecular complexity index is 187. The minimum atomic E-state index is -3.14. The largest absolute Gasteiger partial charge is 0.395 e. The lowest BCUT2D eigenvalue weighted by molar-refractivity contribution is 0.229. The average molecular weight is 211 g/mol. The van der Waals surface area contributed by atoms with Crippen molar-refractivity contribution in [2.24, 2.45) is 0 Å². The van der Waals surface area contributed by atoms with E-state index in [1.54, 1.807) is 13.8 Å². The zero-order chi connectivity index (χ0) is 10.5. The Labute approximate surface area is 79.0 Å². The van der Waals surface area contributed by atoms with Gasteiger partial charge in [-0.15, -0.1) is 0 Å². The van der Waals surface area contributed by atoms with Crippen molar-refractivity contribution < 1.29 is 18.7 Å². The SMILES string of the molecule is COP(=O)(OC)C(C)(C)NCCO. The van der Waals surface area contributed by atoms with E-state index in [1.165, 1.54) is 14.2 Å². The predicted molar refractivity (Wildman–Crippen MR) is 50.8 cm³/mol. The van der Waals surface area contributed by atoms with Gasteiger partial charge in [-0.25, -0.2) is 0 Å². The third-order valence-electron chi connectivity index (χ3n) is 1.83. The van der Waals surface area contributed by atoms with Gasteiger partial charge in [-0.2, -0.15) is 0 Å². The zero-order valence-electron chi connectivity index (χ0n) is 8.53. The second-order valence-corrected chi connectivity index (χ2v) is 5.92. The molecule has 0 atom stereocenters. The van der Waals surface area contributed by atoms with E-state index in [1.807, 2.05) is 0 Å². The summed E-state index contributed by atoms with van der Waals surface area (Å²) in [4.78, 5) is 0. The number of hydrogen-bond acceptors (Lipinski definition) is 5. The molecule has 0 spiro atoms. The van der Waals surface area contributed by atoms with Crippen LogP contribution in [0.1, 0.15) is 13.8 Å². The number of rotatable bonds is 6. The quantitative estimate of drug-likeness (QED) is 0.636. The molecular formula is C7H18NO4P. The van der Waals surface area contributed by atoms with E-state index in [9.17, 15) is 4.57 Å². The van der Waals surface area contributed by atoms with Gasteiger partial charge >= 0.3 is 7.60 Å². The first-order chi connectivity index (χ1) is 5.93. The van der Waals surface area contributed by atoms with E-state index in [4.69, 9.17) is 14.2 Å². The van der Waals surface area contributed by atoms with E-state index < -0.39 is 12.9 Å². The lowest BCUT2D eigenvalue weighted by atomic mass is 10.4. The minimum Gasteiger partial charge on any atom is -0.395 e. The van der Waals surface area contributed by atoms with Crippen LogP contribution in [0, 0.1) is 0 Å². The lowest BCUT2D eigenvalue weighted by Crippen LogP contribution is -2.41. The molecule has 0 aliphatic heterocycles. The Morgan fingerprint density at radius 3 is 2.15 bits per heavy atom. The number of hydrogen-bond donors (Lipinski definition) is 2. The van der Waals surface area contributed by atoms with Crippen molar-refractivity contribution >= 4 is 7.60 Å². The highest BCUT2D eigenvalue weighted by Gasteiger charge is 2.41. The van der Waals surface area contributed by atoms with Gasteiger partial charge in [0.05, 0.1) is 6.61 Å². The van der Waals surface area contributed by atoms with Crippen LogP contribution in [0.3, 0.4) is 0 Å². The third kappa shape index (κ3) is 3.04. The van der Waals surface area contributed by atoms with Crippen molar-refractivity contribution in [1.29, 1.82) is 0 Å². The topological polar surface area (TPSA) is 67.8 Å². The standard InChI is InChI=1S/C7H18NO4P/c1-7(2,8-5-6-9)13(10,11-3)12-4/h8-9H,5-6H2,1-4H3.